The number of hydrogen-bond donors (Lipinski definition) is 1. The van der Waals surface area contributed by atoms with Crippen molar-refractivity contribution in [1.82, 2.24) is 0 Å². The normalized spacial score (nSPS) is 27.9. The zero-order valence-corrected chi connectivity index (χ0v) is 9.35. The van der Waals surface area contributed by atoms with Gasteiger partial charge in [-0.15, -0.1) is 11.3 Å². The van der Waals surface area contributed by atoms with Gasteiger partial charge in [0.25, 0.3) is 0 Å². The van der Waals surface area contributed by atoms with Crippen molar-refractivity contribution >= 4 is 22.9 Å². The summed E-state index contributed by atoms with van der Waals surface area (Å²) in [6.07, 6.45) is 2.13. The summed E-state index contributed by atoms with van der Waals surface area (Å²) in [5, 5.41) is 11.9. The van der Waals surface area contributed by atoms with Crippen LogP contribution in [0.25, 0.3) is 0 Å². The Morgan fingerprint density at radius 3 is 3.14 bits per heavy atom. The van der Waals surface area contributed by atoms with E-state index in [0.717, 1.165) is 29.3 Å². The van der Waals surface area contributed by atoms with Crippen LogP contribution < -0.4 is 0 Å². The van der Waals surface area contributed by atoms with Crippen molar-refractivity contribution in [3.63, 3.8) is 0 Å². The van der Waals surface area contributed by atoms with Gasteiger partial charge >= 0.3 is 0 Å². The third-order valence-corrected chi connectivity index (χ3v) is 3.89. The molecule has 2 nitrogen and oxygen atoms in total. The molecule has 1 N–H and O–H groups in total. The van der Waals surface area contributed by atoms with Crippen LogP contribution in [0.5, 0.6) is 0 Å². The van der Waals surface area contributed by atoms with E-state index in [2.05, 4.69) is 0 Å². The van der Waals surface area contributed by atoms with Gasteiger partial charge in [0.05, 0.1) is 11.1 Å². The smallest absolute Gasteiger partial charge is 0.0967 e. The van der Waals surface area contributed by atoms with Crippen LogP contribution in [0.1, 0.15) is 23.8 Å². The summed E-state index contributed by atoms with van der Waals surface area (Å²) >= 11 is 7.47. The van der Waals surface area contributed by atoms with Crippen molar-refractivity contribution in [3.05, 3.63) is 21.3 Å². The molecule has 0 radical (unpaired) electrons. The molecule has 2 rings (SSSR count). The van der Waals surface area contributed by atoms with Gasteiger partial charge in [0, 0.05) is 29.4 Å². The average Bonchev–Trinajstić information content (AvgIpc) is 2.65. The fourth-order valence-electron chi connectivity index (χ4n) is 1.82. The number of ether oxygens (including phenoxy) is 1. The lowest BCUT2D eigenvalue weighted by Crippen LogP contribution is -2.24. The maximum atomic E-state index is 9.22. The highest BCUT2D eigenvalue weighted by Gasteiger charge is 2.27. The first-order valence-electron chi connectivity index (χ1n) is 4.77. The number of rotatable bonds is 2. The van der Waals surface area contributed by atoms with E-state index in [4.69, 9.17) is 16.3 Å². The summed E-state index contributed by atoms with van der Waals surface area (Å²) in [6, 6.07) is 1.94. The van der Waals surface area contributed by atoms with Crippen molar-refractivity contribution in [2.24, 2.45) is 5.92 Å². The molecule has 2 atom stereocenters. The molecule has 0 amide bonds. The summed E-state index contributed by atoms with van der Waals surface area (Å²) in [5.74, 6) is 0.235. The summed E-state index contributed by atoms with van der Waals surface area (Å²) < 4.78 is 5.67. The highest BCUT2D eigenvalue weighted by molar-refractivity contribution is 7.10. The van der Waals surface area contributed by atoms with Gasteiger partial charge in [-0.1, -0.05) is 11.6 Å². The molecule has 0 bridgehead atoms. The van der Waals surface area contributed by atoms with Crippen LogP contribution in [0, 0.1) is 5.92 Å². The monoisotopic (exact) mass is 232 g/mol. The third kappa shape index (κ3) is 2.11. The van der Waals surface area contributed by atoms with Crippen LogP contribution >= 0.6 is 22.9 Å². The molecular weight excluding hydrogens is 220 g/mol. The van der Waals surface area contributed by atoms with Crippen molar-refractivity contribution in [3.8, 4) is 0 Å². The molecule has 78 valence electrons. The number of thiophene rings is 1. The quantitative estimate of drug-likeness (QED) is 0.850. The van der Waals surface area contributed by atoms with Gasteiger partial charge < -0.3 is 9.84 Å². The molecule has 14 heavy (non-hydrogen) atoms. The first-order chi connectivity index (χ1) is 6.81. The largest absolute Gasteiger partial charge is 0.396 e. The summed E-state index contributed by atoms with van der Waals surface area (Å²) in [6.45, 7) is 0.983. The highest BCUT2D eigenvalue weighted by atomic mass is 35.5. The topological polar surface area (TPSA) is 29.5 Å². The summed E-state index contributed by atoms with van der Waals surface area (Å²) in [5.41, 5.74) is 0. The molecule has 2 unspecified atom stereocenters. The Labute approximate surface area is 92.5 Å². The Hall–Kier alpha value is -0.0900. The molecule has 0 saturated carbocycles. The fraction of sp³-hybridized carbons (Fsp3) is 0.600. The van der Waals surface area contributed by atoms with Gasteiger partial charge in [-0.05, 0) is 18.9 Å². The van der Waals surface area contributed by atoms with Crippen LogP contribution in [-0.2, 0) is 4.74 Å². The SMILES string of the molecule is OCC1CCCOC1c1cc(Cl)cs1. The molecule has 1 aromatic heterocycles. The predicted molar refractivity (Wildman–Crippen MR) is 57.8 cm³/mol. The van der Waals surface area contributed by atoms with E-state index in [1.54, 1.807) is 11.3 Å². The van der Waals surface area contributed by atoms with Crippen LogP contribution in [0.15, 0.2) is 11.4 Å². The summed E-state index contributed by atoms with van der Waals surface area (Å²) in [4.78, 5) is 1.13. The van der Waals surface area contributed by atoms with Crippen LogP contribution in [0.3, 0.4) is 0 Å². The Balaban J connectivity index is 2.14. The molecule has 1 fully saturated rings. The number of aliphatic hydroxyl groups is 1. The van der Waals surface area contributed by atoms with Crippen LogP contribution in [0.4, 0.5) is 0 Å². The molecule has 1 aliphatic rings. The molecule has 1 aromatic rings. The molecule has 2 heterocycles. The van der Waals surface area contributed by atoms with Gasteiger partial charge in [-0.25, -0.2) is 0 Å². The molecule has 1 aliphatic heterocycles. The third-order valence-electron chi connectivity index (χ3n) is 2.55. The van der Waals surface area contributed by atoms with Gasteiger partial charge in [0.15, 0.2) is 0 Å². The molecule has 0 spiro atoms. The zero-order chi connectivity index (χ0) is 9.97. The van der Waals surface area contributed by atoms with Crippen molar-refractivity contribution in [2.45, 2.75) is 18.9 Å². The summed E-state index contributed by atoms with van der Waals surface area (Å²) in [7, 11) is 0. The minimum Gasteiger partial charge on any atom is -0.396 e. The second-order valence-electron chi connectivity index (χ2n) is 3.54. The number of halogens is 1. The van der Waals surface area contributed by atoms with Crippen LogP contribution in [-0.4, -0.2) is 18.3 Å². The molecule has 4 heteroatoms. The molecule has 1 saturated heterocycles. The lowest BCUT2D eigenvalue weighted by molar-refractivity contribution is -0.0437. The highest BCUT2D eigenvalue weighted by Crippen LogP contribution is 2.37. The lowest BCUT2D eigenvalue weighted by Gasteiger charge is -2.29. The van der Waals surface area contributed by atoms with Gasteiger partial charge in [-0.3, -0.25) is 0 Å². The van der Waals surface area contributed by atoms with E-state index in [0.29, 0.717) is 0 Å². The van der Waals surface area contributed by atoms with Crippen molar-refractivity contribution in [2.75, 3.05) is 13.2 Å². The van der Waals surface area contributed by atoms with E-state index in [1.165, 1.54) is 0 Å². The lowest BCUT2D eigenvalue weighted by atomic mass is 9.94. The van der Waals surface area contributed by atoms with E-state index in [-0.39, 0.29) is 18.6 Å². The maximum Gasteiger partial charge on any atom is 0.0967 e. The molecule has 0 aliphatic carbocycles. The Bertz CT molecular complexity index is 300. The van der Waals surface area contributed by atoms with E-state index >= 15 is 0 Å². The Kier molecular flexibility index (Phi) is 3.44. The average molecular weight is 233 g/mol. The van der Waals surface area contributed by atoms with Gasteiger partial charge in [0.2, 0.25) is 0 Å². The minimum atomic E-state index is 0.0475. The second-order valence-corrected chi connectivity index (χ2v) is 4.92. The van der Waals surface area contributed by atoms with Crippen molar-refractivity contribution < 1.29 is 9.84 Å². The first kappa shape index (κ1) is 10.4. The van der Waals surface area contributed by atoms with E-state index in [1.807, 2.05) is 11.4 Å². The zero-order valence-electron chi connectivity index (χ0n) is 7.78. The van der Waals surface area contributed by atoms with E-state index in [9.17, 15) is 5.11 Å². The Morgan fingerprint density at radius 2 is 2.50 bits per heavy atom. The standard InChI is InChI=1S/C10H13ClO2S/c11-8-4-9(14-6-8)10-7(5-12)2-1-3-13-10/h4,6-7,10,12H,1-3,5H2. The minimum absolute atomic E-state index is 0.0475. The fourth-order valence-corrected chi connectivity index (χ4v) is 3.04. The second kappa shape index (κ2) is 4.62. The van der Waals surface area contributed by atoms with Crippen LogP contribution in [0.2, 0.25) is 5.02 Å². The maximum absolute atomic E-state index is 9.22. The van der Waals surface area contributed by atoms with Gasteiger partial charge in [-0.2, -0.15) is 0 Å². The molecule has 0 aromatic carbocycles. The van der Waals surface area contributed by atoms with Gasteiger partial charge in [0.1, 0.15) is 0 Å². The predicted octanol–water partition coefficient (Wildman–Crippen LogP) is 2.86. The number of hydrogen-bond acceptors (Lipinski definition) is 3. The van der Waals surface area contributed by atoms with E-state index < -0.39 is 0 Å². The number of aliphatic hydroxyl groups excluding tert-OH is 1. The van der Waals surface area contributed by atoms with Crippen molar-refractivity contribution in [1.29, 1.82) is 0 Å². The first-order valence-corrected chi connectivity index (χ1v) is 6.03. The molecular formula is C10H13ClO2S. The Morgan fingerprint density at radius 1 is 1.64 bits per heavy atom.